The summed E-state index contributed by atoms with van der Waals surface area (Å²) in [6.45, 7) is 2.18. The minimum absolute atomic E-state index is 1.08. The molecule has 0 radical (unpaired) electrons. The zero-order chi connectivity index (χ0) is 5.28. The second-order valence-electron chi connectivity index (χ2n) is 1.85. The molecule has 0 saturated carbocycles. The third-order valence-electron chi connectivity index (χ3n) is 1.05. The second kappa shape index (κ2) is 1.97. The fraction of sp³-hybridized carbons (Fsp3) is 0.600. The van der Waals surface area contributed by atoms with Gasteiger partial charge in [0.2, 0.25) is 0 Å². The topological polar surface area (TPSA) is 3.24 Å². The van der Waals surface area contributed by atoms with Crippen LogP contribution in [0.4, 0.5) is 0 Å². The molecule has 1 nitrogen and oxygen atoms in total. The quantitative estimate of drug-likeness (QED) is 0.517. The zero-order valence-electron chi connectivity index (χ0n) is 4.32. The van der Waals surface area contributed by atoms with Gasteiger partial charge in [0.1, 0.15) is 0 Å². The lowest BCUT2D eigenvalue weighted by Crippen LogP contribution is -2.12. The van der Waals surface area contributed by atoms with E-state index >= 15 is 0 Å². The summed E-state index contributed by atoms with van der Waals surface area (Å²) in [6, 6.07) is 0. The van der Waals surface area contributed by atoms with Crippen LogP contribution in [0.2, 0.25) is 0 Å². The zero-order valence-corrected chi connectivity index (χ0v) is 5.90. The number of nitrogens with zero attached hydrogens (tertiary/aromatic N) is 1. The van der Waals surface area contributed by atoms with Gasteiger partial charge in [-0.3, -0.25) is 4.90 Å². The number of hydrogen-bond acceptors (Lipinski definition) is 1. The van der Waals surface area contributed by atoms with Gasteiger partial charge in [-0.25, -0.2) is 0 Å². The highest BCUT2D eigenvalue weighted by Gasteiger charge is 2.04. The van der Waals surface area contributed by atoms with Gasteiger partial charge in [0.25, 0.3) is 0 Å². The highest BCUT2D eigenvalue weighted by atomic mass is 79.9. The molecule has 2 heteroatoms. The molecule has 0 bridgehead atoms. The Kier molecular flexibility index (Phi) is 1.50. The summed E-state index contributed by atoms with van der Waals surface area (Å²) in [4.78, 5) is 2.24. The van der Waals surface area contributed by atoms with Crippen molar-refractivity contribution in [3.63, 3.8) is 0 Å². The van der Waals surface area contributed by atoms with E-state index in [1.165, 1.54) is 4.48 Å². The smallest absolute Gasteiger partial charge is 0.0297 e. The van der Waals surface area contributed by atoms with E-state index in [-0.39, 0.29) is 0 Å². The van der Waals surface area contributed by atoms with Gasteiger partial charge in [0.05, 0.1) is 0 Å². The molecule has 0 atom stereocenters. The normalized spacial score (nSPS) is 22.9. The Morgan fingerprint density at radius 2 is 2.57 bits per heavy atom. The van der Waals surface area contributed by atoms with Crippen LogP contribution < -0.4 is 0 Å². The van der Waals surface area contributed by atoms with Crippen LogP contribution in [0.5, 0.6) is 0 Å². The summed E-state index contributed by atoms with van der Waals surface area (Å²) in [6.07, 6.45) is 2.18. The van der Waals surface area contributed by atoms with Gasteiger partial charge in [0.15, 0.2) is 0 Å². The maximum atomic E-state index is 3.40. The third-order valence-corrected chi connectivity index (χ3v) is 1.62. The van der Waals surface area contributed by atoms with Crippen molar-refractivity contribution < 1.29 is 0 Å². The van der Waals surface area contributed by atoms with Crippen LogP contribution in [0.1, 0.15) is 0 Å². The van der Waals surface area contributed by atoms with Crippen molar-refractivity contribution in [2.75, 3.05) is 20.1 Å². The lowest BCUT2D eigenvalue weighted by molar-refractivity contribution is 0.434. The van der Waals surface area contributed by atoms with Crippen molar-refractivity contribution in [1.82, 2.24) is 4.90 Å². The Morgan fingerprint density at radius 3 is 2.71 bits per heavy atom. The molecule has 0 spiro atoms. The Hall–Kier alpha value is 0.180. The Morgan fingerprint density at radius 1 is 1.86 bits per heavy atom. The number of hydrogen-bond donors (Lipinski definition) is 0. The average molecular weight is 162 g/mol. The summed E-state index contributed by atoms with van der Waals surface area (Å²) in [5.74, 6) is 0. The van der Waals surface area contributed by atoms with E-state index in [2.05, 4.69) is 34.0 Å². The number of halogens is 1. The fourth-order valence-electron chi connectivity index (χ4n) is 0.642. The van der Waals surface area contributed by atoms with Gasteiger partial charge < -0.3 is 0 Å². The Balaban J connectivity index is 2.42. The van der Waals surface area contributed by atoms with Gasteiger partial charge in [-0.1, -0.05) is 22.0 Å². The van der Waals surface area contributed by atoms with E-state index in [1.54, 1.807) is 0 Å². The first kappa shape index (κ1) is 5.32. The molecule has 0 saturated heterocycles. The molecule has 0 unspecified atom stereocenters. The van der Waals surface area contributed by atoms with Crippen molar-refractivity contribution in [1.29, 1.82) is 0 Å². The Labute approximate surface area is 52.1 Å². The van der Waals surface area contributed by atoms with Gasteiger partial charge >= 0.3 is 0 Å². The van der Waals surface area contributed by atoms with Crippen LogP contribution in [0.15, 0.2) is 10.6 Å². The maximum absolute atomic E-state index is 3.40. The van der Waals surface area contributed by atoms with E-state index in [0.717, 1.165) is 13.1 Å². The minimum Gasteiger partial charge on any atom is -0.298 e. The standard InChI is InChI=1S/C5H8BrN/c1-7-3-2-5(6)4-7/h2H,3-4H2,1H3. The summed E-state index contributed by atoms with van der Waals surface area (Å²) < 4.78 is 1.31. The SMILES string of the molecule is CN1CC=C(Br)C1. The molecule has 0 aromatic rings. The van der Waals surface area contributed by atoms with Crippen molar-refractivity contribution in [2.24, 2.45) is 0 Å². The highest BCUT2D eigenvalue weighted by molar-refractivity contribution is 9.11. The summed E-state index contributed by atoms with van der Waals surface area (Å²) in [7, 11) is 2.10. The first-order chi connectivity index (χ1) is 3.29. The van der Waals surface area contributed by atoms with Crippen molar-refractivity contribution >= 4 is 15.9 Å². The van der Waals surface area contributed by atoms with E-state index in [4.69, 9.17) is 0 Å². The first-order valence-corrected chi connectivity index (χ1v) is 3.11. The van der Waals surface area contributed by atoms with Crippen LogP contribution in [0.3, 0.4) is 0 Å². The van der Waals surface area contributed by atoms with Crippen molar-refractivity contribution in [2.45, 2.75) is 0 Å². The van der Waals surface area contributed by atoms with E-state index in [9.17, 15) is 0 Å². The Bertz CT molecular complexity index is 98.3. The lowest BCUT2D eigenvalue weighted by Gasteiger charge is -2.02. The molecular formula is C5H8BrN. The van der Waals surface area contributed by atoms with Gasteiger partial charge in [-0.15, -0.1) is 0 Å². The molecule has 1 aliphatic heterocycles. The van der Waals surface area contributed by atoms with Gasteiger partial charge in [0, 0.05) is 17.6 Å². The minimum atomic E-state index is 1.08. The predicted octanol–water partition coefficient (Wildman–Crippen LogP) is 1.21. The van der Waals surface area contributed by atoms with Gasteiger partial charge in [-0.2, -0.15) is 0 Å². The summed E-state index contributed by atoms with van der Waals surface area (Å²) in [5.41, 5.74) is 0. The molecule has 1 heterocycles. The molecule has 7 heavy (non-hydrogen) atoms. The molecule has 0 aromatic heterocycles. The highest BCUT2D eigenvalue weighted by Crippen LogP contribution is 2.11. The van der Waals surface area contributed by atoms with Crippen LogP contribution in [0, 0.1) is 0 Å². The largest absolute Gasteiger partial charge is 0.298 e. The molecule has 40 valence electrons. The van der Waals surface area contributed by atoms with Crippen molar-refractivity contribution in [3.05, 3.63) is 10.6 Å². The van der Waals surface area contributed by atoms with E-state index in [1.807, 2.05) is 0 Å². The molecule has 0 aliphatic carbocycles. The molecule has 0 amide bonds. The first-order valence-electron chi connectivity index (χ1n) is 2.32. The lowest BCUT2D eigenvalue weighted by atomic mass is 10.6. The summed E-state index contributed by atoms with van der Waals surface area (Å²) >= 11 is 3.40. The number of rotatable bonds is 0. The van der Waals surface area contributed by atoms with Crippen LogP contribution >= 0.6 is 15.9 Å². The molecule has 0 fully saturated rings. The van der Waals surface area contributed by atoms with E-state index < -0.39 is 0 Å². The fourth-order valence-corrected chi connectivity index (χ4v) is 1.21. The van der Waals surface area contributed by atoms with Crippen LogP contribution in [-0.2, 0) is 0 Å². The maximum Gasteiger partial charge on any atom is 0.0297 e. The van der Waals surface area contributed by atoms with Crippen LogP contribution in [-0.4, -0.2) is 25.0 Å². The van der Waals surface area contributed by atoms with Gasteiger partial charge in [-0.05, 0) is 7.05 Å². The molecular weight excluding hydrogens is 154 g/mol. The van der Waals surface area contributed by atoms with Crippen LogP contribution in [0.25, 0.3) is 0 Å². The predicted molar refractivity (Wildman–Crippen MR) is 34.5 cm³/mol. The summed E-state index contributed by atoms with van der Waals surface area (Å²) in [5, 5.41) is 0. The average Bonchev–Trinajstić information content (AvgIpc) is 1.87. The van der Waals surface area contributed by atoms with Crippen molar-refractivity contribution in [3.8, 4) is 0 Å². The molecule has 1 aliphatic rings. The molecule has 0 aromatic carbocycles. The second-order valence-corrected chi connectivity index (χ2v) is 2.87. The monoisotopic (exact) mass is 161 g/mol. The molecule has 0 N–H and O–H groups in total. The third kappa shape index (κ3) is 1.28. The number of likely N-dealkylation sites (N-methyl/N-ethyl adjacent to an activating group) is 1. The molecule has 1 rings (SSSR count). The van der Waals surface area contributed by atoms with E-state index in [0.29, 0.717) is 0 Å².